The molecule has 1 saturated heterocycles. The highest BCUT2D eigenvalue weighted by atomic mass is 127. The fraction of sp³-hybridized carbons (Fsp3) is 0.600. The summed E-state index contributed by atoms with van der Waals surface area (Å²) in [5.41, 5.74) is 1.25. The molecule has 72 valence electrons. The van der Waals surface area contributed by atoms with Crippen LogP contribution in [0.15, 0.2) is 23.0 Å². The third-order valence-corrected chi connectivity index (χ3v) is 4.17. The topological polar surface area (TPSA) is 22.4 Å². The van der Waals surface area contributed by atoms with E-state index in [1.54, 1.807) is 12.5 Å². The molecule has 2 unspecified atom stereocenters. The Bertz CT molecular complexity index is 270. The molecule has 0 aromatic carbocycles. The zero-order valence-electron chi connectivity index (χ0n) is 7.63. The van der Waals surface area contributed by atoms with Crippen molar-refractivity contribution in [2.45, 2.75) is 31.5 Å². The van der Waals surface area contributed by atoms with Gasteiger partial charge >= 0.3 is 0 Å². The lowest BCUT2D eigenvalue weighted by atomic mass is 10.0. The first-order valence-corrected chi connectivity index (χ1v) is 6.02. The van der Waals surface area contributed by atoms with Gasteiger partial charge in [-0.3, -0.25) is 0 Å². The van der Waals surface area contributed by atoms with Crippen LogP contribution < -0.4 is 0 Å². The van der Waals surface area contributed by atoms with Crippen LogP contribution in [-0.4, -0.2) is 10.0 Å². The predicted molar refractivity (Wildman–Crippen MR) is 59.1 cm³/mol. The second kappa shape index (κ2) is 3.61. The van der Waals surface area contributed by atoms with Gasteiger partial charge in [0, 0.05) is 9.99 Å². The van der Waals surface area contributed by atoms with Crippen LogP contribution in [0.4, 0.5) is 0 Å². The van der Waals surface area contributed by atoms with Crippen LogP contribution in [0.25, 0.3) is 0 Å². The Hall–Kier alpha value is -0.0300. The minimum absolute atomic E-state index is 0.0719. The molecule has 2 rings (SSSR count). The van der Waals surface area contributed by atoms with Crippen molar-refractivity contribution in [1.29, 1.82) is 0 Å². The SMILES string of the molecule is CC1(CI)CCC(c2ccoc2)O1. The standard InChI is InChI=1S/C10H13IO2/c1-10(7-11)4-2-9(13-10)8-3-5-12-6-8/h3,5-6,9H,2,4,7H2,1H3. The third-order valence-electron chi connectivity index (χ3n) is 2.56. The van der Waals surface area contributed by atoms with E-state index in [-0.39, 0.29) is 11.7 Å². The predicted octanol–water partition coefficient (Wildman–Crippen LogP) is 3.32. The van der Waals surface area contributed by atoms with Gasteiger partial charge in [0.25, 0.3) is 0 Å². The van der Waals surface area contributed by atoms with Gasteiger partial charge in [-0.05, 0) is 25.8 Å². The van der Waals surface area contributed by atoms with Gasteiger partial charge in [-0.1, -0.05) is 22.6 Å². The van der Waals surface area contributed by atoms with Gasteiger partial charge in [0.05, 0.1) is 24.2 Å². The van der Waals surface area contributed by atoms with E-state index in [0.29, 0.717) is 0 Å². The number of rotatable bonds is 2. The number of hydrogen-bond acceptors (Lipinski definition) is 2. The van der Waals surface area contributed by atoms with Crippen molar-refractivity contribution in [3.05, 3.63) is 24.2 Å². The second-order valence-corrected chi connectivity index (χ2v) is 4.55. The fourth-order valence-electron chi connectivity index (χ4n) is 1.69. The van der Waals surface area contributed by atoms with E-state index in [2.05, 4.69) is 29.5 Å². The molecule has 2 heterocycles. The average molecular weight is 292 g/mol. The minimum Gasteiger partial charge on any atom is -0.472 e. The Kier molecular flexibility index (Phi) is 2.65. The molecule has 1 aliphatic heterocycles. The molecule has 0 N–H and O–H groups in total. The monoisotopic (exact) mass is 292 g/mol. The molecule has 0 spiro atoms. The Balaban J connectivity index is 2.07. The summed E-state index contributed by atoms with van der Waals surface area (Å²) in [6, 6.07) is 1.99. The molecule has 0 saturated carbocycles. The highest BCUT2D eigenvalue weighted by Crippen LogP contribution is 2.40. The normalized spacial score (nSPS) is 33.8. The Morgan fingerprint density at radius 1 is 1.69 bits per heavy atom. The summed E-state index contributed by atoms with van der Waals surface area (Å²) >= 11 is 2.39. The number of ether oxygens (including phenoxy) is 1. The number of alkyl halides is 1. The largest absolute Gasteiger partial charge is 0.472 e. The van der Waals surface area contributed by atoms with Gasteiger partial charge in [0.1, 0.15) is 0 Å². The van der Waals surface area contributed by atoms with E-state index in [0.717, 1.165) is 17.3 Å². The summed E-state index contributed by atoms with van der Waals surface area (Å²) in [5.74, 6) is 0. The molecule has 3 heteroatoms. The van der Waals surface area contributed by atoms with Gasteiger partial charge in [-0.2, -0.15) is 0 Å². The Morgan fingerprint density at radius 2 is 2.54 bits per heavy atom. The minimum atomic E-state index is 0.0719. The molecular formula is C10H13IO2. The van der Waals surface area contributed by atoms with Crippen LogP contribution in [0.1, 0.15) is 31.4 Å². The lowest BCUT2D eigenvalue weighted by molar-refractivity contribution is -0.0111. The van der Waals surface area contributed by atoms with Gasteiger partial charge in [-0.15, -0.1) is 0 Å². The van der Waals surface area contributed by atoms with Crippen LogP contribution in [0.5, 0.6) is 0 Å². The zero-order valence-corrected chi connectivity index (χ0v) is 9.78. The maximum absolute atomic E-state index is 5.97. The van der Waals surface area contributed by atoms with E-state index in [4.69, 9.17) is 9.15 Å². The quantitative estimate of drug-likeness (QED) is 0.616. The number of furan rings is 1. The lowest BCUT2D eigenvalue weighted by Gasteiger charge is -2.21. The van der Waals surface area contributed by atoms with Crippen LogP contribution in [-0.2, 0) is 4.74 Å². The molecule has 0 aliphatic carbocycles. The van der Waals surface area contributed by atoms with Crippen molar-refractivity contribution < 1.29 is 9.15 Å². The van der Waals surface area contributed by atoms with Gasteiger partial charge in [-0.25, -0.2) is 0 Å². The van der Waals surface area contributed by atoms with Crippen LogP contribution in [0, 0.1) is 0 Å². The van der Waals surface area contributed by atoms with Gasteiger partial charge in [0.2, 0.25) is 0 Å². The fourth-order valence-corrected chi connectivity index (χ4v) is 2.25. The average Bonchev–Trinajstić information content (AvgIpc) is 2.73. The smallest absolute Gasteiger partial charge is 0.0960 e. The van der Waals surface area contributed by atoms with Gasteiger partial charge < -0.3 is 9.15 Å². The van der Waals surface area contributed by atoms with Crippen molar-refractivity contribution in [1.82, 2.24) is 0 Å². The summed E-state index contributed by atoms with van der Waals surface area (Å²) < 4.78 is 12.1. The Labute approximate surface area is 91.8 Å². The summed E-state index contributed by atoms with van der Waals surface area (Å²) in [4.78, 5) is 0. The van der Waals surface area contributed by atoms with E-state index in [1.807, 2.05) is 6.07 Å². The third kappa shape index (κ3) is 1.91. The molecule has 2 atom stereocenters. The maximum atomic E-state index is 5.97. The number of hydrogen-bond donors (Lipinski definition) is 0. The molecule has 0 radical (unpaired) electrons. The van der Waals surface area contributed by atoms with Crippen molar-refractivity contribution in [3.8, 4) is 0 Å². The first-order valence-electron chi connectivity index (χ1n) is 4.49. The van der Waals surface area contributed by atoms with Crippen molar-refractivity contribution in [2.24, 2.45) is 0 Å². The van der Waals surface area contributed by atoms with Crippen molar-refractivity contribution in [3.63, 3.8) is 0 Å². The summed E-state index contributed by atoms with van der Waals surface area (Å²) in [6.07, 6.45) is 5.99. The molecule has 1 aromatic heterocycles. The highest BCUT2D eigenvalue weighted by molar-refractivity contribution is 14.1. The van der Waals surface area contributed by atoms with E-state index >= 15 is 0 Å². The van der Waals surface area contributed by atoms with Crippen LogP contribution in [0.2, 0.25) is 0 Å². The van der Waals surface area contributed by atoms with Gasteiger partial charge in [0.15, 0.2) is 0 Å². The zero-order chi connectivity index (χ0) is 9.31. The highest BCUT2D eigenvalue weighted by Gasteiger charge is 2.35. The molecular weight excluding hydrogens is 279 g/mol. The Morgan fingerprint density at radius 3 is 3.08 bits per heavy atom. The summed E-state index contributed by atoms with van der Waals surface area (Å²) in [7, 11) is 0. The van der Waals surface area contributed by atoms with E-state index in [1.165, 1.54) is 5.56 Å². The second-order valence-electron chi connectivity index (χ2n) is 3.79. The van der Waals surface area contributed by atoms with E-state index in [9.17, 15) is 0 Å². The van der Waals surface area contributed by atoms with E-state index < -0.39 is 0 Å². The molecule has 2 nitrogen and oxygen atoms in total. The molecule has 1 fully saturated rings. The van der Waals surface area contributed by atoms with Crippen molar-refractivity contribution >= 4 is 22.6 Å². The molecule has 0 amide bonds. The maximum Gasteiger partial charge on any atom is 0.0960 e. The summed E-state index contributed by atoms with van der Waals surface area (Å²) in [6.45, 7) is 2.18. The first-order chi connectivity index (χ1) is 6.23. The summed E-state index contributed by atoms with van der Waals surface area (Å²) in [5, 5.41) is 0. The van der Waals surface area contributed by atoms with Crippen molar-refractivity contribution in [2.75, 3.05) is 4.43 Å². The number of halogens is 1. The molecule has 1 aliphatic rings. The molecule has 1 aromatic rings. The first kappa shape index (κ1) is 9.52. The van der Waals surface area contributed by atoms with Crippen LogP contribution >= 0.6 is 22.6 Å². The molecule has 13 heavy (non-hydrogen) atoms. The van der Waals surface area contributed by atoms with Crippen LogP contribution in [0.3, 0.4) is 0 Å². The lowest BCUT2D eigenvalue weighted by Crippen LogP contribution is -2.24. The molecule has 0 bridgehead atoms.